The number of nitrogens with one attached hydrogen (secondary N) is 1. The summed E-state index contributed by atoms with van der Waals surface area (Å²) in [6.45, 7) is 4.44. The predicted molar refractivity (Wildman–Crippen MR) is 152 cm³/mol. The summed E-state index contributed by atoms with van der Waals surface area (Å²) in [5.41, 5.74) is 1.74. The van der Waals surface area contributed by atoms with Gasteiger partial charge in [0, 0.05) is 27.5 Å². The molecule has 0 saturated heterocycles. The Bertz CT molecular complexity index is 1440. The molecule has 8 nitrogen and oxygen atoms in total. The van der Waals surface area contributed by atoms with Crippen LogP contribution >= 0.6 is 46.3 Å². The number of nitrogens with zero attached hydrogens (tertiary/aromatic N) is 3. The van der Waals surface area contributed by atoms with E-state index in [-0.39, 0.29) is 17.8 Å². The molecule has 198 valence electrons. The van der Waals surface area contributed by atoms with Crippen LogP contribution in [0.15, 0.2) is 59.1 Å². The molecule has 4 rings (SSSR count). The number of benzene rings is 2. The van der Waals surface area contributed by atoms with E-state index in [1.165, 1.54) is 30.2 Å². The van der Waals surface area contributed by atoms with Crippen LogP contribution in [0, 0.1) is 0 Å². The van der Waals surface area contributed by atoms with Crippen molar-refractivity contribution in [3.05, 3.63) is 75.3 Å². The molecule has 1 atom stereocenters. The van der Waals surface area contributed by atoms with Gasteiger partial charge >= 0.3 is 5.97 Å². The number of halogens is 2. The van der Waals surface area contributed by atoms with Crippen molar-refractivity contribution < 1.29 is 19.1 Å². The van der Waals surface area contributed by atoms with Crippen LogP contribution in [0.1, 0.15) is 36.1 Å². The van der Waals surface area contributed by atoms with Gasteiger partial charge in [-0.25, -0.2) is 4.79 Å². The molecule has 0 aliphatic heterocycles. The van der Waals surface area contributed by atoms with Gasteiger partial charge in [0.05, 0.1) is 12.9 Å². The van der Waals surface area contributed by atoms with Gasteiger partial charge in [0.25, 0.3) is 0 Å². The highest BCUT2D eigenvalue weighted by Crippen LogP contribution is 2.37. The summed E-state index contributed by atoms with van der Waals surface area (Å²) in [5.74, 6) is 0.494. The van der Waals surface area contributed by atoms with E-state index in [0.29, 0.717) is 49.4 Å². The van der Waals surface area contributed by atoms with Crippen LogP contribution < -0.4 is 10.1 Å². The van der Waals surface area contributed by atoms with Crippen LogP contribution in [0.3, 0.4) is 0 Å². The Kier molecular flexibility index (Phi) is 9.32. The number of aromatic nitrogens is 3. The molecule has 0 aliphatic carbocycles. The molecular formula is C26H24Cl2N4O4S2. The zero-order chi connectivity index (χ0) is 27.2. The zero-order valence-corrected chi connectivity index (χ0v) is 23.9. The summed E-state index contributed by atoms with van der Waals surface area (Å²) >= 11 is 14.6. The normalized spacial score (nSPS) is 11.7. The van der Waals surface area contributed by atoms with Crippen molar-refractivity contribution in [3.8, 4) is 16.9 Å². The number of amides is 1. The summed E-state index contributed by atoms with van der Waals surface area (Å²) in [7, 11) is 1.30. The van der Waals surface area contributed by atoms with Crippen LogP contribution in [0.4, 0.5) is 5.00 Å². The molecule has 0 spiro atoms. The molecule has 12 heteroatoms. The van der Waals surface area contributed by atoms with Crippen molar-refractivity contribution in [1.82, 2.24) is 14.8 Å². The van der Waals surface area contributed by atoms with Crippen LogP contribution in [0.2, 0.25) is 10.0 Å². The molecule has 1 amide bonds. The molecule has 0 saturated carbocycles. The van der Waals surface area contributed by atoms with Gasteiger partial charge in [0.1, 0.15) is 16.3 Å². The highest BCUT2D eigenvalue weighted by molar-refractivity contribution is 7.99. The van der Waals surface area contributed by atoms with Gasteiger partial charge in [-0.05, 0) is 49.7 Å². The third-order valence-corrected chi connectivity index (χ3v) is 7.80. The SMILES string of the molecule is CCn1c(SCC(=O)Nc2scc(-c3ccc(Cl)cc3)c2C(=O)OC)nnc1C(C)Oc1cccc(Cl)c1. The lowest BCUT2D eigenvalue weighted by Gasteiger charge is -2.15. The second-order valence-corrected chi connectivity index (χ2v) is 10.7. The number of esters is 1. The van der Waals surface area contributed by atoms with Crippen LogP contribution in [-0.2, 0) is 16.1 Å². The van der Waals surface area contributed by atoms with Crippen LogP contribution in [-0.4, -0.2) is 39.5 Å². The minimum atomic E-state index is -0.539. The van der Waals surface area contributed by atoms with E-state index in [1.54, 1.807) is 29.6 Å². The first-order chi connectivity index (χ1) is 18.3. The number of carbonyl (C=O) groups excluding carboxylic acids is 2. The van der Waals surface area contributed by atoms with Gasteiger partial charge in [-0.3, -0.25) is 4.79 Å². The Morgan fingerprint density at radius 3 is 2.58 bits per heavy atom. The molecule has 0 aliphatic rings. The number of anilines is 1. The number of carbonyl (C=O) groups is 2. The fourth-order valence-corrected chi connectivity index (χ4v) is 5.78. The molecule has 1 N–H and O–H groups in total. The lowest BCUT2D eigenvalue weighted by Crippen LogP contribution is -2.17. The second kappa shape index (κ2) is 12.7. The highest BCUT2D eigenvalue weighted by atomic mass is 35.5. The van der Waals surface area contributed by atoms with Crippen molar-refractivity contribution in [3.63, 3.8) is 0 Å². The molecule has 2 aromatic heterocycles. The zero-order valence-electron chi connectivity index (χ0n) is 20.7. The number of thioether (sulfide) groups is 1. The fraction of sp³-hybridized carbons (Fsp3) is 0.231. The smallest absolute Gasteiger partial charge is 0.341 e. The molecule has 0 radical (unpaired) electrons. The third kappa shape index (κ3) is 6.50. The number of hydrogen-bond acceptors (Lipinski definition) is 8. The first-order valence-corrected chi connectivity index (χ1v) is 14.2. The van der Waals surface area contributed by atoms with E-state index in [2.05, 4.69) is 15.5 Å². The Labute approximate surface area is 238 Å². The van der Waals surface area contributed by atoms with Crippen LogP contribution in [0.5, 0.6) is 5.75 Å². The first kappa shape index (κ1) is 28.0. The standard InChI is InChI=1S/C26H24Cl2N4O4S2/c1-4-32-23(15(2)36-19-7-5-6-18(28)12-19)30-31-26(32)38-14-21(33)29-24-22(25(34)35-3)20(13-37-24)16-8-10-17(27)11-9-16/h5-13,15H,4,14H2,1-3H3,(H,29,33). The van der Waals surface area contributed by atoms with Gasteiger partial charge in [-0.2, -0.15) is 0 Å². The third-order valence-electron chi connectivity index (χ3n) is 5.46. The van der Waals surface area contributed by atoms with Crippen molar-refractivity contribution in [2.24, 2.45) is 0 Å². The van der Waals surface area contributed by atoms with Gasteiger partial charge in [-0.1, -0.05) is 53.2 Å². The second-order valence-electron chi connectivity index (χ2n) is 7.99. The fourth-order valence-electron chi connectivity index (χ4n) is 3.69. The average molecular weight is 592 g/mol. The molecule has 4 aromatic rings. The predicted octanol–water partition coefficient (Wildman–Crippen LogP) is 6.99. The number of rotatable bonds is 10. The van der Waals surface area contributed by atoms with Crippen molar-refractivity contribution in [2.45, 2.75) is 31.7 Å². The molecule has 1 unspecified atom stereocenters. The Morgan fingerprint density at radius 2 is 1.89 bits per heavy atom. The molecule has 2 heterocycles. The monoisotopic (exact) mass is 590 g/mol. The summed E-state index contributed by atoms with van der Waals surface area (Å²) in [5, 5.41) is 15.4. The molecular weight excluding hydrogens is 567 g/mol. The van der Waals surface area contributed by atoms with E-state index in [9.17, 15) is 9.59 Å². The quantitative estimate of drug-likeness (QED) is 0.157. The number of methoxy groups -OCH3 is 1. The van der Waals surface area contributed by atoms with Gasteiger partial charge in [-0.15, -0.1) is 21.5 Å². The molecule has 38 heavy (non-hydrogen) atoms. The molecule has 0 fully saturated rings. The summed E-state index contributed by atoms with van der Waals surface area (Å²) in [4.78, 5) is 25.4. The summed E-state index contributed by atoms with van der Waals surface area (Å²) < 4.78 is 12.9. The topological polar surface area (TPSA) is 95.3 Å². The van der Waals surface area contributed by atoms with E-state index >= 15 is 0 Å². The van der Waals surface area contributed by atoms with E-state index in [1.807, 2.05) is 42.7 Å². The maximum absolute atomic E-state index is 12.9. The van der Waals surface area contributed by atoms with Gasteiger partial charge in [0.15, 0.2) is 17.1 Å². The van der Waals surface area contributed by atoms with E-state index in [4.69, 9.17) is 32.7 Å². The van der Waals surface area contributed by atoms with Gasteiger partial charge in [0.2, 0.25) is 5.91 Å². The number of hydrogen-bond donors (Lipinski definition) is 1. The highest BCUT2D eigenvalue weighted by Gasteiger charge is 2.23. The minimum Gasteiger partial charge on any atom is -0.483 e. The number of thiophene rings is 1. The van der Waals surface area contributed by atoms with E-state index in [0.717, 1.165) is 5.56 Å². The maximum Gasteiger partial charge on any atom is 0.341 e. The summed E-state index contributed by atoms with van der Waals surface area (Å²) in [6, 6.07) is 14.2. The molecule has 2 aromatic carbocycles. The molecule has 0 bridgehead atoms. The first-order valence-electron chi connectivity index (χ1n) is 11.5. The van der Waals surface area contributed by atoms with Crippen molar-refractivity contribution in [1.29, 1.82) is 0 Å². The van der Waals surface area contributed by atoms with E-state index < -0.39 is 5.97 Å². The Morgan fingerprint density at radius 1 is 1.13 bits per heavy atom. The minimum absolute atomic E-state index is 0.0659. The van der Waals surface area contributed by atoms with Gasteiger partial charge < -0.3 is 19.4 Å². The van der Waals surface area contributed by atoms with Crippen molar-refractivity contribution >= 4 is 63.2 Å². The maximum atomic E-state index is 12.9. The Balaban J connectivity index is 1.45. The lowest BCUT2D eigenvalue weighted by atomic mass is 10.0. The number of ether oxygens (including phenoxy) is 2. The van der Waals surface area contributed by atoms with Crippen LogP contribution in [0.25, 0.3) is 11.1 Å². The lowest BCUT2D eigenvalue weighted by molar-refractivity contribution is -0.113. The summed E-state index contributed by atoms with van der Waals surface area (Å²) in [6.07, 6.45) is -0.385. The average Bonchev–Trinajstić information content (AvgIpc) is 3.51. The Hall–Kier alpha value is -3.05. The van der Waals surface area contributed by atoms with Crippen molar-refractivity contribution in [2.75, 3.05) is 18.2 Å². The largest absolute Gasteiger partial charge is 0.483 e.